The minimum absolute atomic E-state index is 0.169. The van der Waals surface area contributed by atoms with E-state index in [1.165, 1.54) is 6.07 Å². The fourth-order valence-electron chi connectivity index (χ4n) is 3.60. The first kappa shape index (κ1) is 23.6. The maximum absolute atomic E-state index is 13.2. The van der Waals surface area contributed by atoms with Crippen molar-refractivity contribution in [2.24, 2.45) is 4.99 Å². The number of sulfonamides is 1. The van der Waals surface area contributed by atoms with E-state index in [4.69, 9.17) is 9.47 Å². The second-order valence-electron chi connectivity index (χ2n) is 7.58. The lowest BCUT2D eigenvalue weighted by Crippen LogP contribution is -2.37. The molecule has 0 radical (unpaired) electrons. The van der Waals surface area contributed by atoms with Gasteiger partial charge in [-0.15, -0.1) is 0 Å². The molecular weight excluding hydrogens is 430 g/mol. The monoisotopic (exact) mass is 459 g/mol. The molecule has 8 nitrogen and oxygen atoms in total. The Bertz CT molecular complexity index is 1110. The number of unbranched alkanes of at least 4 members (excludes halogenated alkanes) is 1. The molecule has 0 saturated carbocycles. The van der Waals surface area contributed by atoms with Gasteiger partial charge in [0, 0.05) is 11.1 Å². The summed E-state index contributed by atoms with van der Waals surface area (Å²) in [5, 5.41) is 2.99. The molecule has 0 aliphatic carbocycles. The number of amidine groups is 1. The van der Waals surface area contributed by atoms with Gasteiger partial charge in [0.2, 0.25) is 5.91 Å². The van der Waals surface area contributed by atoms with E-state index >= 15 is 0 Å². The van der Waals surface area contributed by atoms with Crippen LogP contribution < -0.4 is 19.5 Å². The van der Waals surface area contributed by atoms with Crippen molar-refractivity contribution in [3.8, 4) is 11.5 Å². The van der Waals surface area contributed by atoms with Gasteiger partial charge >= 0.3 is 0 Å². The predicted octanol–water partition coefficient (Wildman–Crippen LogP) is 3.18. The molecule has 0 spiro atoms. The third kappa shape index (κ3) is 5.04. The Labute approximate surface area is 189 Å². The van der Waals surface area contributed by atoms with Crippen LogP contribution in [0, 0.1) is 0 Å². The Morgan fingerprint density at radius 1 is 1.16 bits per heavy atom. The summed E-state index contributed by atoms with van der Waals surface area (Å²) in [7, 11) is -0.528. The van der Waals surface area contributed by atoms with Gasteiger partial charge in [-0.1, -0.05) is 31.9 Å². The van der Waals surface area contributed by atoms with Gasteiger partial charge < -0.3 is 14.8 Å². The van der Waals surface area contributed by atoms with Crippen LogP contribution in [0.2, 0.25) is 0 Å². The molecule has 32 heavy (non-hydrogen) atoms. The lowest BCUT2D eigenvalue weighted by molar-refractivity contribution is -0.123. The number of benzene rings is 2. The molecule has 0 fully saturated rings. The van der Waals surface area contributed by atoms with E-state index in [0.717, 1.165) is 18.4 Å². The molecular formula is C23H29N3O5S. The van der Waals surface area contributed by atoms with Crippen LogP contribution in [0.15, 0.2) is 52.4 Å². The first-order chi connectivity index (χ1) is 15.3. The largest absolute Gasteiger partial charge is 0.497 e. The number of ether oxygens (including phenoxy) is 2. The minimum atomic E-state index is -3.67. The third-order valence-corrected chi connectivity index (χ3v) is 6.74. The van der Waals surface area contributed by atoms with Crippen molar-refractivity contribution in [3.05, 3.63) is 53.6 Å². The van der Waals surface area contributed by atoms with Gasteiger partial charge in [-0.05, 0) is 43.7 Å². The van der Waals surface area contributed by atoms with Crippen molar-refractivity contribution >= 4 is 21.8 Å². The first-order valence-corrected chi connectivity index (χ1v) is 12.0. The second-order valence-corrected chi connectivity index (χ2v) is 9.23. The number of methoxy groups -OCH3 is 2. The standard InChI is InChI=1S/C23H29N3O5S/c1-5-6-10-19(25-22-17-9-7-8-11-21(17)32(28,29)26-22)23(27)24-15(2)18-14-16(30-3)12-13-20(18)31-4/h7-9,11-15,19H,5-6,10H2,1-4H3,(H,24,27)(H,25,26). The number of aliphatic imine (C=N–C) groups is 1. The average molecular weight is 460 g/mol. The molecule has 0 aromatic heterocycles. The van der Waals surface area contributed by atoms with Crippen LogP contribution in [0.5, 0.6) is 11.5 Å². The van der Waals surface area contributed by atoms with E-state index in [0.29, 0.717) is 23.5 Å². The Hall–Kier alpha value is -3.07. The maximum atomic E-state index is 13.2. The lowest BCUT2D eigenvalue weighted by atomic mass is 10.0. The number of hydrogen-bond acceptors (Lipinski definition) is 6. The molecule has 1 amide bonds. The molecule has 1 heterocycles. The molecule has 1 aliphatic heterocycles. The summed E-state index contributed by atoms with van der Waals surface area (Å²) in [4.78, 5) is 17.9. The molecule has 2 atom stereocenters. The number of carbonyl (C=O) groups excluding carboxylic acids is 1. The van der Waals surface area contributed by atoms with Gasteiger partial charge in [-0.3, -0.25) is 14.5 Å². The van der Waals surface area contributed by atoms with Crippen molar-refractivity contribution < 1.29 is 22.7 Å². The minimum Gasteiger partial charge on any atom is -0.497 e. The number of nitrogens with zero attached hydrogens (tertiary/aromatic N) is 1. The summed E-state index contributed by atoms with van der Waals surface area (Å²) in [5.74, 6) is 1.20. The van der Waals surface area contributed by atoms with Gasteiger partial charge in [-0.2, -0.15) is 0 Å². The number of hydrogen-bond donors (Lipinski definition) is 2. The Morgan fingerprint density at radius 2 is 1.91 bits per heavy atom. The highest BCUT2D eigenvalue weighted by atomic mass is 32.2. The van der Waals surface area contributed by atoms with Crippen molar-refractivity contribution in [2.45, 2.75) is 50.1 Å². The average Bonchev–Trinajstić information content (AvgIpc) is 3.05. The van der Waals surface area contributed by atoms with Crippen LogP contribution in [-0.2, 0) is 14.8 Å². The summed E-state index contributed by atoms with van der Waals surface area (Å²) in [6.07, 6.45) is 2.16. The number of rotatable bonds is 9. The van der Waals surface area contributed by atoms with Crippen LogP contribution in [0.25, 0.3) is 0 Å². The zero-order valence-electron chi connectivity index (χ0n) is 18.7. The number of carbonyl (C=O) groups is 1. The maximum Gasteiger partial charge on any atom is 0.263 e. The number of nitrogens with one attached hydrogen (secondary N) is 2. The Morgan fingerprint density at radius 3 is 2.59 bits per heavy atom. The highest BCUT2D eigenvalue weighted by molar-refractivity contribution is 7.90. The first-order valence-electron chi connectivity index (χ1n) is 10.5. The van der Waals surface area contributed by atoms with Gasteiger partial charge in [0.15, 0.2) is 0 Å². The van der Waals surface area contributed by atoms with Crippen LogP contribution in [0.4, 0.5) is 0 Å². The van der Waals surface area contributed by atoms with E-state index in [9.17, 15) is 13.2 Å². The zero-order chi connectivity index (χ0) is 23.3. The molecule has 2 unspecified atom stereocenters. The fraction of sp³-hybridized carbons (Fsp3) is 0.391. The molecule has 2 aromatic carbocycles. The van der Waals surface area contributed by atoms with E-state index in [1.807, 2.05) is 19.9 Å². The van der Waals surface area contributed by atoms with Crippen LogP contribution in [-0.4, -0.2) is 40.4 Å². The summed E-state index contributed by atoms with van der Waals surface area (Å²) in [6, 6.07) is 10.9. The molecule has 0 bridgehead atoms. The smallest absolute Gasteiger partial charge is 0.263 e. The fourth-order valence-corrected chi connectivity index (χ4v) is 4.84. The van der Waals surface area contributed by atoms with E-state index in [2.05, 4.69) is 15.0 Å². The topological polar surface area (TPSA) is 106 Å². The molecule has 1 aliphatic rings. The van der Waals surface area contributed by atoms with Crippen molar-refractivity contribution in [1.82, 2.24) is 10.0 Å². The van der Waals surface area contributed by atoms with E-state index in [1.54, 1.807) is 44.6 Å². The molecule has 0 saturated heterocycles. The lowest BCUT2D eigenvalue weighted by Gasteiger charge is -2.21. The molecule has 172 valence electrons. The predicted molar refractivity (Wildman–Crippen MR) is 123 cm³/mol. The summed E-state index contributed by atoms with van der Waals surface area (Å²) in [6.45, 7) is 3.88. The van der Waals surface area contributed by atoms with Crippen molar-refractivity contribution in [1.29, 1.82) is 0 Å². The molecule has 2 aromatic rings. The number of amides is 1. The molecule has 2 N–H and O–H groups in total. The van der Waals surface area contributed by atoms with Crippen molar-refractivity contribution in [2.75, 3.05) is 14.2 Å². The van der Waals surface area contributed by atoms with Crippen LogP contribution >= 0.6 is 0 Å². The molecule has 9 heteroatoms. The summed E-state index contributed by atoms with van der Waals surface area (Å²) < 4.78 is 38.0. The van der Waals surface area contributed by atoms with Crippen LogP contribution in [0.3, 0.4) is 0 Å². The summed E-state index contributed by atoms with van der Waals surface area (Å²) >= 11 is 0. The van der Waals surface area contributed by atoms with E-state index < -0.39 is 16.1 Å². The van der Waals surface area contributed by atoms with Gasteiger partial charge in [0.1, 0.15) is 23.4 Å². The highest BCUT2D eigenvalue weighted by Gasteiger charge is 2.32. The van der Waals surface area contributed by atoms with Gasteiger partial charge in [0.25, 0.3) is 10.0 Å². The van der Waals surface area contributed by atoms with E-state index in [-0.39, 0.29) is 22.7 Å². The quantitative estimate of drug-likeness (QED) is 0.599. The SMILES string of the molecule is CCCCC(N=C1NS(=O)(=O)c2ccccc21)C(=O)NC(C)c1cc(OC)ccc1OC. The van der Waals surface area contributed by atoms with Gasteiger partial charge in [0.05, 0.1) is 25.2 Å². The van der Waals surface area contributed by atoms with Crippen LogP contribution in [0.1, 0.15) is 50.3 Å². The Balaban J connectivity index is 1.87. The third-order valence-electron chi connectivity index (χ3n) is 5.34. The molecule has 3 rings (SSSR count). The van der Waals surface area contributed by atoms with Gasteiger partial charge in [-0.25, -0.2) is 8.42 Å². The normalized spacial score (nSPS) is 17.2. The highest BCUT2D eigenvalue weighted by Crippen LogP contribution is 2.29. The second kappa shape index (κ2) is 10.0. The summed E-state index contributed by atoms with van der Waals surface area (Å²) in [5.41, 5.74) is 1.25. The zero-order valence-corrected chi connectivity index (χ0v) is 19.5. The number of fused-ring (bicyclic) bond motifs is 1. The van der Waals surface area contributed by atoms with Crippen molar-refractivity contribution in [3.63, 3.8) is 0 Å². The Kier molecular flexibility index (Phi) is 7.40.